The first kappa shape index (κ1) is 12.6. The van der Waals surface area contributed by atoms with Gasteiger partial charge >= 0.3 is 0 Å². The molecule has 1 rings (SSSR count). The maximum absolute atomic E-state index is 9.62. The Kier molecular flexibility index (Phi) is 5.45. The fourth-order valence-corrected chi connectivity index (χ4v) is 1.52. The van der Waals surface area contributed by atoms with Crippen LogP contribution in [0.25, 0.3) is 0 Å². The van der Waals surface area contributed by atoms with Gasteiger partial charge in [0.25, 0.3) is 0 Å². The molecule has 2 heteroatoms. The summed E-state index contributed by atoms with van der Waals surface area (Å²) in [6, 6.07) is 7.91. The molecule has 1 aromatic rings. The predicted octanol–water partition coefficient (Wildman–Crippen LogP) is 2.40. The highest BCUT2D eigenvalue weighted by atomic mass is 16.5. The van der Waals surface area contributed by atoms with E-state index in [1.54, 1.807) is 7.11 Å². The summed E-state index contributed by atoms with van der Waals surface area (Å²) >= 11 is 0. The van der Waals surface area contributed by atoms with Crippen molar-refractivity contribution in [3.8, 4) is 18.1 Å². The fourth-order valence-electron chi connectivity index (χ4n) is 1.52. The summed E-state index contributed by atoms with van der Waals surface area (Å²) in [4.78, 5) is 0. The van der Waals surface area contributed by atoms with Gasteiger partial charge in [0.05, 0.1) is 13.2 Å². The average molecular weight is 218 g/mol. The number of ether oxygens (including phenoxy) is 1. The zero-order valence-corrected chi connectivity index (χ0v) is 9.65. The number of aliphatic hydroxyl groups excluding tert-OH is 1. The molecule has 2 nitrogen and oxygen atoms in total. The van der Waals surface area contributed by atoms with Gasteiger partial charge in [-0.15, -0.1) is 12.3 Å². The van der Waals surface area contributed by atoms with Gasteiger partial charge in [0.2, 0.25) is 0 Å². The van der Waals surface area contributed by atoms with Crippen LogP contribution in [0.1, 0.15) is 24.8 Å². The van der Waals surface area contributed by atoms with Crippen molar-refractivity contribution in [2.75, 3.05) is 7.11 Å². The topological polar surface area (TPSA) is 29.5 Å². The summed E-state index contributed by atoms with van der Waals surface area (Å²) in [7, 11) is 1.65. The number of hydrogen-bond acceptors (Lipinski definition) is 2. The molecule has 86 valence electrons. The highest BCUT2D eigenvalue weighted by Crippen LogP contribution is 2.14. The van der Waals surface area contributed by atoms with Crippen LogP contribution in [0.15, 0.2) is 24.3 Å². The van der Waals surface area contributed by atoms with E-state index in [0.717, 1.165) is 18.6 Å². The van der Waals surface area contributed by atoms with Crippen molar-refractivity contribution in [2.24, 2.45) is 0 Å². The van der Waals surface area contributed by atoms with Crippen LogP contribution in [0.5, 0.6) is 5.75 Å². The minimum atomic E-state index is -0.293. The molecule has 0 fully saturated rings. The lowest BCUT2D eigenvalue weighted by Gasteiger charge is -2.08. The summed E-state index contributed by atoms with van der Waals surface area (Å²) in [6.07, 6.45) is 7.81. The molecule has 0 amide bonds. The Balaban J connectivity index is 2.34. The van der Waals surface area contributed by atoms with Crippen LogP contribution in [-0.2, 0) is 6.42 Å². The number of methoxy groups -OCH3 is 1. The molecule has 1 atom stereocenters. The maximum Gasteiger partial charge on any atom is 0.118 e. The first-order chi connectivity index (χ1) is 7.76. The minimum absolute atomic E-state index is 0.293. The van der Waals surface area contributed by atoms with Gasteiger partial charge in [0, 0.05) is 6.42 Å². The van der Waals surface area contributed by atoms with Crippen LogP contribution in [-0.4, -0.2) is 18.3 Å². The summed E-state index contributed by atoms with van der Waals surface area (Å²) < 4.78 is 5.08. The minimum Gasteiger partial charge on any atom is -0.497 e. The third-order valence-corrected chi connectivity index (χ3v) is 2.55. The van der Waals surface area contributed by atoms with Crippen molar-refractivity contribution in [1.29, 1.82) is 0 Å². The predicted molar refractivity (Wildman–Crippen MR) is 65.4 cm³/mol. The van der Waals surface area contributed by atoms with Gasteiger partial charge in [-0.25, -0.2) is 0 Å². The van der Waals surface area contributed by atoms with E-state index in [1.165, 1.54) is 5.56 Å². The van der Waals surface area contributed by atoms with Crippen molar-refractivity contribution >= 4 is 0 Å². The van der Waals surface area contributed by atoms with Gasteiger partial charge in [-0.3, -0.25) is 0 Å². The molecular weight excluding hydrogens is 200 g/mol. The quantitative estimate of drug-likeness (QED) is 0.743. The summed E-state index contributed by atoms with van der Waals surface area (Å²) in [6.45, 7) is 0. The number of benzene rings is 1. The molecule has 0 aliphatic carbocycles. The Bertz CT molecular complexity index is 335. The van der Waals surface area contributed by atoms with Gasteiger partial charge in [0.1, 0.15) is 5.75 Å². The van der Waals surface area contributed by atoms with Gasteiger partial charge in [-0.2, -0.15) is 0 Å². The van der Waals surface area contributed by atoms with Crippen LogP contribution < -0.4 is 4.74 Å². The number of aliphatic hydroxyl groups is 1. The molecule has 1 N–H and O–H groups in total. The van der Waals surface area contributed by atoms with Crippen molar-refractivity contribution in [3.05, 3.63) is 29.8 Å². The van der Waals surface area contributed by atoms with E-state index in [0.29, 0.717) is 12.8 Å². The number of aryl methyl sites for hydroxylation is 1. The summed E-state index contributed by atoms with van der Waals surface area (Å²) in [5.74, 6) is 3.39. The third kappa shape index (κ3) is 4.37. The Morgan fingerprint density at radius 1 is 1.31 bits per heavy atom. The molecule has 0 radical (unpaired) electrons. The molecule has 0 saturated heterocycles. The molecule has 0 aliphatic heterocycles. The van der Waals surface area contributed by atoms with E-state index in [9.17, 15) is 5.11 Å². The number of terminal acetylenes is 1. The highest BCUT2D eigenvalue weighted by molar-refractivity contribution is 5.27. The standard InChI is InChI=1S/C14H18O2/c1-3-4-5-13(15)9-6-12-7-10-14(16-2)11-8-12/h1,7-8,10-11,13,15H,4-6,9H2,2H3. The molecular formula is C14H18O2. The lowest BCUT2D eigenvalue weighted by Crippen LogP contribution is -2.07. The van der Waals surface area contributed by atoms with E-state index in [4.69, 9.17) is 11.2 Å². The average Bonchev–Trinajstić information content (AvgIpc) is 2.34. The smallest absolute Gasteiger partial charge is 0.118 e. The molecule has 1 aromatic carbocycles. The third-order valence-electron chi connectivity index (χ3n) is 2.55. The number of hydrogen-bond donors (Lipinski definition) is 1. The molecule has 0 spiro atoms. The Hall–Kier alpha value is -1.46. The second-order valence-electron chi connectivity index (χ2n) is 3.78. The highest BCUT2D eigenvalue weighted by Gasteiger charge is 2.03. The molecule has 16 heavy (non-hydrogen) atoms. The van der Waals surface area contributed by atoms with Crippen molar-refractivity contribution < 1.29 is 9.84 Å². The van der Waals surface area contributed by atoms with Crippen LogP contribution in [0.2, 0.25) is 0 Å². The van der Waals surface area contributed by atoms with Crippen LogP contribution in [0, 0.1) is 12.3 Å². The lowest BCUT2D eigenvalue weighted by atomic mass is 10.0. The number of rotatable bonds is 6. The Morgan fingerprint density at radius 3 is 2.56 bits per heavy atom. The lowest BCUT2D eigenvalue weighted by molar-refractivity contribution is 0.157. The normalized spacial score (nSPS) is 11.8. The summed E-state index contributed by atoms with van der Waals surface area (Å²) in [5.41, 5.74) is 1.21. The van der Waals surface area contributed by atoms with Crippen molar-refractivity contribution in [3.63, 3.8) is 0 Å². The second-order valence-corrected chi connectivity index (χ2v) is 3.78. The van der Waals surface area contributed by atoms with Crippen molar-refractivity contribution in [1.82, 2.24) is 0 Å². The van der Waals surface area contributed by atoms with Gasteiger partial charge in [-0.1, -0.05) is 12.1 Å². The second kappa shape index (κ2) is 6.92. The Labute approximate surface area is 97.3 Å². The zero-order chi connectivity index (χ0) is 11.8. The van der Waals surface area contributed by atoms with E-state index in [-0.39, 0.29) is 6.10 Å². The van der Waals surface area contributed by atoms with Crippen LogP contribution in [0.3, 0.4) is 0 Å². The zero-order valence-electron chi connectivity index (χ0n) is 9.65. The van der Waals surface area contributed by atoms with Crippen LogP contribution in [0.4, 0.5) is 0 Å². The Morgan fingerprint density at radius 2 is 2.00 bits per heavy atom. The van der Waals surface area contributed by atoms with Crippen LogP contribution >= 0.6 is 0 Å². The van der Waals surface area contributed by atoms with Gasteiger partial charge in [0.15, 0.2) is 0 Å². The van der Waals surface area contributed by atoms with Gasteiger partial charge in [-0.05, 0) is 37.0 Å². The van der Waals surface area contributed by atoms with E-state index >= 15 is 0 Å². The maximum atomic E-state index is 9.62. The summed E-state index contributed by atoms with van der Waals surface area (Å²) in [5, 5.41) is 9.62. The van der Waals surface area contributed by atoms with E-state index in [1.807, 2.05) is 24.3 Å². The molecule has 0 aliphatic rings. The molecule has 0 heterocycles. The molecule has 1 unspecified atom stereocenters. The monoisotopic (exact) mass is 218 g/mol. The molecule has 0 bridgehead atoms. The first-order valence-electron chi connectivity index (χ1n) is 5.50. The first-order valence-corrected chi connectivity index (χ1v) is 5.50. The van der Waals surface area contributed by atoms with Crippen molar-refractivity contribution in [2.45, 2.75) is 31.8 Å². The van der Waals surface area contributed by atoms with E-state index in [2.05, 4.69) is 5.92 Å². The van der Waals surface area contributed by atoms with Gasteiger partial charge < -0.3 is 9.84 Å². The SMILES string of the molecule is C#CCCC(O)CCc1ccc(OC)cc1. The largest absolute Gasteiger partial charge is 0.497 e. The van der Waals surface area contributed by atoms with E-state index < -0.39 is 0 Å². The molecule has 0 saturated carbocycles. The molecule has 0 aromatic heterocycles. The fraction of sp³-hybridized carbons (Fsp3) is 0.429.